The van der Waals surface area contributed by atoms with E-state index in [1.165, 1.54) is 46.5 Å². The van der Waals surface area contributed by atoms with Crippen molar-refractivity contribution in [3.05, 3.63) is 16.1 Å². The maximum absolute atomic E-state index is 12.5. The van der Waals surface area contributed by atoms with Crippen LogP contribution in [0.5, 0.6) is 17.2 Å². The summed E-state index contributed by atoms with van der Waals surface area (Å²) in [5.74, 6) is 0.133. The molecule has 0 aromatic heterocycles. The van der Waals surface area contributed by atoms with Gasteiger partial charge in [-0.3, -0.25) is 9.59 Å². The number of carbonyl (C=O) groups is 2. The number of amides is 1. The number of halogens is 1. The van der Waals surface area contributed by atoms with Crippen molar-refractivity contribution in [2.24, 2.45) is 0 Å². The molecule has 0 atom stereocenters. The molecule has 0 heterocycles. The molecule has 0 aliphatic carbocycles. The Labute approximate surface area is 137 Å². The van der Waals surface area contributed by atoms with Gasteiger partial charge in [-0.2, -0.15) is 0 Å². The number of esters is 1. The van der Waals surface area contributed by atoms with Crippen LogP contribution in [0.25, 0.3) is 0 Å². The van der Waals surface area contributed by atoms with Crippen molar-refractivity contribution in [2.75, 3.05) is 42.0 Å². The van der Waals surface area contributed by atoms with Crippen LogP contribution in [-0.2, 0) is 9.53 Å². The normalized spacial score (nSPS) is 9.91. The van der Waals surface area contributed by atoms with Gasteiger partial charge in [0.05, 0.1) is 38.5 Å². The smallest absolute Gasteiger partial charge is 0.325 e. The Kier molecular flexibility index (Phi) is 6.48. The first-order valence-electron chi connectivity index (χ1n) is 6.21. The van der Waals surface area contributed by atoms with Crippen LogP contribution in [0.15, 0.2) is 10.5 Å². The van der Waals surface area contributed by atoms with Gasteiger partial charge in [-0.1, -0.05) is 0 Å². The second-order valence-electron chi connectivity index (χ2n) is 4.24. The summed E-state index contributed by atoms with van der Waals surface area (Å²) in [6.07, 6.45) is 0. The number of likely N-dealkylation sites (N-methyl/N-ethyl adjacent to an activating group) is 1. The Balaban J connectivity index is 3.29. The Morgan fingerprint density at radius 3 is 2.14 bits per heavy atom. The molecule has 1 aromatic rings. The van der Waals surface area contributed by atoms with Crippen LogP contribution < -0.4 is 14.2 Å². The maximum atomic E-state index is 12.5. The molecule has 7 nitrogen and oxygen atoms in total. The van der Waals surface area contributed by atoms with Gasteiger partial charge in [0.2, 0.25) is 5.75 Å². The van der Waals surface area contributed by atoms with E-state index in [9.17, 15) is 9.59 Å². The summed E-state index contributed by atoms with van der Waals surface area (Å²) in [4.78, 5) is 25.0. The molecule has 1 amide bonds. The van der Waals surface area contributed by atoms with Gasteiger partial charge in [-0.15, -0.1) is 0 Å². The van der Waals surface area contributed by atoms with Gasteiger partial charge in [0.15, 0.2) is 11.5 Å². The highest BCUT2D eigenvalue weighted by Gasteiger charge is 2.25. The van der Waals surface area contributed by atoms with E-state index in [1.54, 1.807) is 0 Å². The van der Waals surface area contributed by atoms with E-state index in [-0.39, 0.29) is 12.1 Å². The molecule has 0 bridgehead atoms. The molecular formula is C14H18BrNO6. The molecule has 0 saturated carbocycles. The van der Waals surface area contributed by atoms with Crippen LogP contribution in [0.2, 0.25) is 0 Å². The average Bonchev–Trinajstić information content (AvgIpc) is 2.53. The first-order valence-corrected chi connectivity index (χ1v) is 7.01. The number of methoxy groups -OCH3 is 4. The van der Waals surface area contributed by atoms with Crippen LogP contribution in [0.4, 0.5) is 0 Å². The van der Waals surface area contributed by atoms with Crippen LogP contribution in [0, 0.1) is 0 Å². The predicted octanol–water partition coefficient (Wildman–Crippen LogP) is 1.72. The van der Waals surface area contributed by atoms with E-state index in [1.807, 2.05) is 0 Å². The molecule has 0 spiro atoms. The van der Waals surface area contributed by atoms with Gasteiger partial charge in [0, 0.05) is 7.05 Å². The Morgan fingerprint density at radius 2 is 1.68 bits per heavy atom. The van der Waals surface area contributed by atoms with Crippen molar-refractivity contribution < 1.29 is 28.5 Å². The molecule has 122 valence electrons. The number of benzene rings is 1. The van der Waals surface area contributed by atoms with Crippen molar-refractivity contribution >= 4 is 27.8 Å². The van der Waals surface area contributed by atoms with E-state index in [2.05, 4.69) is 20.7 Å². The molecule has 0 fully saturated rings. The zero-order valence-corrected chi connectivity index (χ0v) is 14.6. The summed E-state index contributed by atoms with van der Waals surface area (Å²) >= 11 is 3.32. The average molecular weight is 376 g/mol. The van der Waals surface area contributed by atoms with Gasteiger partial charge in [-0.25, -0.2) is 0 Å². The quantitative estimate of drug-likeness (QED) is 0.704. The lowest BCUT2D eigenvalue weighted by Gasteiger charge is -2.20. The standard InChI is InChI=1S/C14H18BrNO6/c1-16(7-10(17)20-3)14(18)8-6-9(19-2)12(21-4)13(22-5)11(8)15/h6H,7H2,1-5H3. The predicted molar refractivity (Wildman–Crippen MR) is 82.8 cm³/mol. The fourth-order valence-corrected chi connectivity index (χ4v) is 2.44. The highest BCUT2D eigenvalue weighted by molar-refractivity contribution is 9.10. The minimum absolute atomic E-state index is 0.168. The molecule has 1 rings (SSSR count). The second-order valence-corrected chi connectivity index (χ2v) is 5.04. The maximum Gasteiger partial charge on any atom is 0.325 e. The molecule has 1 aromatic carbocycles. The van der Waals surface area contributed by atoms with Crippen molar-refractivity contribution in [3.63, 3.8) is 0 Å². The fourth-order valence-electron chi connectivity index (χ4n) is 1.81. The Morgan fingerprint density at radius 1 is 1.09 bits per heavy atom. The number of rotatable bonds is 6. The van der Waals surface area contributed by atoms with E-state index in [0.717, 1.165) is 0 Å². The van der Waals surface area contributed by atoms with Crippen LogP contribution in [-0.4, -0.2) is 58.8 Å². The Hall–Kier alpha value is -1.96. The third-order valence-corrected chi connectivity index (χ3v) is 3.73. The number of hydrogen-bond donors (Lipinski definition) is 0. The molecule has 0 saturated heterocycles. The first kappa shape index (κ1) is 18.1. The SMILES string of the molecule is COC(=O)CN(C)C(=O)c1cc(OC)c(OC)c(OC)c1Br. The van der Waals surface area contributed by atoms with Crippen molar-refractivity contribution in [1.82, 2.24) is 4.90 Å². The van der Waals surface area contributed by atoms with Crippen molar-refractivity contribution in [3.8, 4) is 17.2 Å². The van der Waals surface area contributed by atoms with E-state index in [4.69, 9.17) is 14.2 Å². The van der Waals surface area contributed by atoms with Crippen molar-refractivity contribution in [2.45, 2.75) is 0 Å². The van der Waals surface area contributed by atoms with Gasteiger partial charge >= 0.3 is 5.97 Å². The summed E-state index contributed by atoms with van der Waals surface area (Å²) in [5, 5.41) is 0. The number of hydrogen-bond acceptors (Lipinski definition) is 6. The molecular weight excluding hydrogens is 358 g/mol. The third-order valence-electron chi connectivity index (χ3n) is 2.94. The minimum atomic E-state index is -0.514. The van der Waals surface area contributed by atoms with Crippen LogP contribution in [0.3, 0.4) is 0 Å². The summed E-state index contributed by atoms with van der Waals surface area (Å²) in [6.45, 7) is -0.168. The molecule has 0 aliphatic heterocycles. The highest BCUT2D eigenvalue weighted by Crippen LogP contribution is 2.44. The topological polar surface area (TPSA) is 74.3 Å². The molecule has 22 heavy (non-hydrogen) atoms. The Bertz CT molecular complexity index is 575. The van der Waals surface area contributed by atoms with Gasteiger partial charge in [-0.05, 0) is 22.0 Å². The van der Waals surface area contributed by atoms with E-state index >= 15 is 0 Å². The molecule has 8 heteroatoms. The third kappa shape index (κ3) is 3.62. The summed E-state index contributed by atoms with van der Waals surface area (Å²) in [5.41, 5.74) is 0.279. The van der Waals surface area contributed by atoms with E-state index in [0.29, 0.717) is 21.7 Å². The second kappa shape index (κ2) is 7.88. The monoisotopic (exact) mass is 375 g/mol. The van der Waals surface area contributed by atoms with E-state index < -0.39 is 11.9 Å². The van der Waals surface area contributed by atoms with Crippen LogP contribution >= 0.6 is 15.9 Å². The minimum Gasteiger partial charge on any atom is -0.493 e. The van der Waals surface area contributed by atoms with Gasteiger partial charge in [0.25, 0.3) is 5.91 Å². The number of nitrogens with zero attached hydrogens (tertiary/aromatic N) is 1. The van der Waals surface area contributed by atoms with Gasteiger partial charge < -0.3 is 23.8 Å². The molecule has 0 aliphatic rings. The fraction of sp³-hybridized carbons (Fsp3) is 0.429. The zero-order valence-electron chi connectivity index (χ0n) is 13.1. The van der Waals surface area contributed by atoms with Crippen molar-refractivity contribution in [1.29, 1.82) is 0 Å². The lowest BCUT2D eigenvalue weighted by Crippen LogP contribution is -2.33. The molecule has 0 N–H and O–H groups in total. The van der Waals surface area contributed by atoms with Crippen LogP contribution in [0.1, 0.15) is 10.4 Å². The lowest BCUT2D eigenvalue weighted by atomic mass is 10.1. The molecule has 0 radical (unpaired) electrons. The molecule has 0 unspecified atom stereocenters. The summed E-state index contributed by atoms with van der Waals surface area (Å²) < 4.78 is 20.7. The summed E-state index contributed by atoms with van der Waals surface area (Å²) in [7, 11) is 7.13. The highest BCUT2D eigenvalue weighted by atomic mass is 79.9. The largest absolute Gasteiger partial charge is 0.493 e. The zero-order chi connectivity index (χ0) is 16.9. The van der Waals surface area contributed by atoms with Gasteiger partial charge in [0.1, 0.15) is 6.54 Å². The number of carbonyl (C=O) groups excluding carboxylic acids is 2. The first-order chi connectivity index (χ1) is 10.4. The lowest BCUT2D eigenvalue weighted by molar-refractivity contribution is -0.141. The summed E-state index contributed by atoms with van der Waals surface area (Å²) in [6, 6.07) is 1.52. The number of ether oxygens (including phenoxy) is 4.